The maximum absolute atomic E-state index is 13.2. The van der Waals surface area contributed by atoms with Crippen molar-refractivity contribution in [2.24, 2.45) is 0 Å². The van der Waals surface area contributed by atoms with Gasteiger partial charge in [0.05, 0.1) is 4.90 Å². The van der Waals surface area contributed by atoms with Crippen molar-refractivity contribution in [1.82, 2.24) is 14.3 Å². The van der Waals surface area contributed by atoms with Gasteiger partial charge in [-0.25, -0.2) is 13.4 Å². The molecule has 0 unspecified atom stereocenters. The first kappa shape index (κ1) is 20.2. The molecule has 9 nitrogen and oxygen atoms in total. The molecule has 1 N–H and O–H groups in total. The number of rotatable bonds is 4. The third-order valence-electron chi connectivity index (χ3n) is 6.19. The van der Waals surface area contributed by atoms with Crippen LogP contribution < -0.4 is 15.1 Å². The molecule has 0 atom stereocenters. The predicted molar refractivity (Wildman–Crippen MR) is 118 cm³/mol. The summed E-state index contributed by atoms with van der Waals surface area (Å²) in [5.41, 5.74) is 1.58. The number of amides is 1. The van der Waals surface area contributed by atoms with Gasteiger partial charge in [0, 0.05) is 57.6 Å². The molecule has 0 aliphatic carbocycles. The molecule has 164 valence electrons. The Morgan fingerprint density at radius 3 is 2.45 bits per heavy atom. The summed E-state index contributed by atoms with van der Waals surface area (Å²) in [4.78, 5) is 25.3. The van der Waals surface area contributed by atoms with Crippen LogP contribution in [0.2, 0.25) is 0 Å². The number of nitrogens with zero attached hydrogens (tertiary/aromatic N) is 5. The van der Waals surface area contributed by atoms with Gasteiger partial charge in [-0.1, -0.05) is 0 Å². The normalized spacial score (nSPS) is 19.9. The summed E-state index contributed by atoms with van der Waals surface area (Å²) >= 11 is 0. The van der Waals surface area contributed by atoms with Gasteiger partial charge < -0.3 is 15.1 Å². The van der Waals surface area contributed by atoms with Crippen LogP contribution in [0.25, 0.3) is 0 Å². The Morgan fingerprint density at radius 1 is 0.903 bits per heavy atom. The molecule has 4 heterocycles. The minimum atomic E-state index is -3.58. The van der Waals surface area contributed by atoms with E-state index in [1.54, 1.807) is 24.4 Å². The van der Waals surface area contributed by atoms with Gasteiger partial charge in [0.25, 0.3) is 0 Å². The Balaban J connectivity index is 1.28. The van der Waals surface area contributed by atoms with E-state index in [-0.39, 0.29) is 10.8 Å². The highest BCUT2D eigenvalue weighted by Gasteiger charge is 2.30. The lowest BCUT2D eigenvalue weighted by molar-refractivity contribution is -0.116. The number of piperazine rings is 1. The average Bonchev–Trinajstić information content (AvgIpc) is 3.34. The van der Waals surface area contributed by atoms with Crippen molar-refractivity contribution in [1.29, 1.82) is 0 Å². The summed E-state index contributed by atoms with van der Waals surface area (Å²) in [6, 6.07) is 6.86. The van der Waals surface area contributed by atoms with Crippen LogP contribution in [-0.2, 0) is 21.2 Å². The maximum Gasteiger partial charge on any atom is 0.243 e. The number of hydrogen-bond acceptors (Lipinski definition) is 7. The summed E-state index contributed by atoms with van der Waals surface area (Å²) in [6.07, 6.45) is 5.06. The van der Waals surface area contributed by atoms with Crippen LogP contribution in [0.15, 0.2) is 35.4 Å². The number of sulfonamides is 1. The van der Waals surface area contributed by atoms with Gasteiger partial charge in [-0.3, -0.25) is 4.79 Å². The Kier molecular flexibility index (Phi) is 5.27. The van der Waals surface area contributed by atoms with Gasteiger partial charge in [0.15, 0.2) is 0 Å². The Hall–Kier alpha value is -2.72. The van der Waals surface area contributed by atoms with Gasteiger partial charge in [-0.05, 0) is 49.1 Å². The molecule has 3 aliphatic heterocycles. The van der Waals surface area contributed by atoms with Crippen molar-refractivity contribution < 1.29 is 13.2 Å². The third kappa shape index (κ3) is 3.97. The van der Waals surface area contributed by atoms with Gasteiger partial charge in [0.1, 0.15) is 5.82 Å². The predicted octanol–water partition coefficient (Wildman–Crippen LogP) is 1.47. The highest BCUT2D eigenvalue weighted by molar-refractivity contribution is 7.89. The van der Waals surface area contributed by atoms with Crippen molar-refractivity contribution in [3.63, 3.8) is 0 Å². The lowest BCUT2D eigenvalue weighted by Crippen LogP contribution is -2.49. The topological polar surface area (TPSA) is 98.7 Å². The van der Waals surface area contributed by atoms with Crippen molar-refractivity contribution >= 4 is 33.4 Å². The van der Waals surface area contributed by atoms with E-state index in [9.17, 15) is 13.2 Å². The minimum Gasteiger partial charge on any atom is -0.354 e. The molecule has 2 saturated heterocycles. The van der Waals surface area contributed by atoms with Crippen molar-refractivity contribution in [2.75, 3.05) is 54.4 Å². The van der Waals surface area contributed by atoms with E-state index >= 15 is 0 Å². The molecule has 0 saturated carbocycles. The Bertz CT molecular complexity index is 1090. The summed E-state index contributed by atoms with van der Waals surface area (Å²) in [6.45, 7) is 3.94. The van der Waals surface area contributed by atoms with E-state index in [2.05, 4.69) is 20.1 Å². The smallest absolute Gasteiger partial charge is 0.243 e. The van der Waals surface area contributed by atoms with E-state index in [0.29, 0.717) is 44.7 Å². The molecule has 5 rings (SSSR count). The van der Waals surface area contributed by atoms with Crippen molar-refractivity contribution in [3.8, 4) is 0 Å². The van der Waals surface area contributed by atoms with E-state index in [1.807, 2.05) is 6.07 Å². The fourth-order valence-electron chi connectivity index (χ4n) is 4.41. The van der Waals surface area contributed by atoms with E-state index < -0.39 is 10.0 Å². The molecule has 10 heteroatoms. The van der Waals surface area contributed by atoms with E-state index in [0.717, 1.165) is 30.4 Å². The first-order valence-electron chi connectivity index (χ1n) is 10.8. The summed E-state index contributed by atoms with van der Waals surface area (Å²) in [5.74, 6) is 1.57. The molecular formula is C21H26N6O3S. The van der Waals surface area contributed by atoms with Gasteiger partial charge in [-0.15, -0.1) is 0 Å². The maximum atomic E-state index is 13.2. The minimum absolute atomic E-state index is 0.0307. The zero-order chi connectivity index (χ0) is 21.4. The summed E-state index contributed by atoms with van der Waals surface area (Å²) < 4.78 is 27.9. The van der Waals surface area contributed by atoms with Gasteiger partial charge in [-0.2, -0.15) is 9.29 Å². The zero-order valence-corrected chi connectivity index (χ0v) is 18.1. The van der Waals surface area contributed by atoms with E-state index in [4.69, 9.17) is 4.98 Å². The first-order chi connectivity index (χ1) is 15.0. The Labute approximate surface area is 182 Å². The van der Waals surface area contributed by atoms with Crippen LogP contribution in [0, 0.1) is 0 Å². The number of carbonyl (C=O) groups is 1. The molecule has 1 aromatic heterocycles. The molecule has 2 fully saturated rings. The molecular weight excluding hydrogens is 416 g/mol. The quantitative estimate of drug-likeness (QED) is 0.766. The monoisotopic (exact) mass is 442 g/mol. The number of fused-ring (bicyclic) bond motifs is 1. The van der Waals surface area contributed by atoms with Crippen LogP contribution in [0.1, 0.15) is 24.8 Å². The van der Waals surface area contributed by atoms with Crippen LogP contribution in [0.5, 0.6) is 0 Å². The van der Waals surface area contributed by atoms with Crippen LogP contribution in [0.3, 0.4) is 0 Å². The number of aromatic nitrogens is 2. The molecule has 0 radical (unpaired) electrons. The van der Waals surface area contributed by atoms with Crippen LogP contribution in [-0.4, -0.2) is 67.9 Å². The largest absolute Gasteiger partial charge is 0.354 e. The molecule has 31 heavy (non-hydrogen) atoms. The number of anilines is 3. The number of hydrogen-bond donors (Lipinski definition) is 1. The van der Waals surface area contributed by atoms with Crippen LogP contribution in [0.4, 0.5) is 17.5 Å². The number of carbonyl (C=O) groups excluding carboxylic acids is 1. The highest BCUT2D eigenvalue weighted by atomic mass is 32.2. The zero-order valence-electron chi connectivity index (χ0n) is 17.3. The lowest BCUT2D eigenvalue weighted by atomic mass is 10.0. The second-order valence-corrected chi connectivity index (χ2v) is 10.1. The van der Waals surface area contributed by atoms with Crippen LogP contribution >= 0.6 is 0 Å². The van der Waals surface area contributed by atoms with Crippen molar-refractivity contribution in [3.05, 3.63) is 36.0 Å². The SMILES string of the molecule is O=C1CCc2cc(S(=O)(=O)N3CCN(c4ccnc(N5CCCC5)n4)CC3)ccc2N1. The van der Waals surface area contributed by atoms with Crippen molar-refractivity contribution in [2.45, 2.75) is 30.6 Å². The molecule has 3 aliphatic rings. The van der Waals surface area contributed by atoms with E-state index in [1.165, 1.54) is 17.1 Å². The molecule has 0 spiro atoms. The number of benzene rings is 1. The standard InChI is InChI=1S/C21H26N6O3S/c28-20-6-3-16-15-17(4-5-18(16)23-20)31(29,30)27-13-11-25(12-14-27)19-7-8-22-21(24-19)26-9-1-2-10-26/h4-5,7-8,15H,1-3,6,9-14H2,(H,23,28). The molecule has 0 bridgehead atoms. The Morgan fingerprint density at radius 2 is 1.68 bits per heavy atom. The molecule has 1 aromatic carbocycles. The van der Waals surface area contributed by atoms with Gasteiger partial charge in [0.2, 0.25) is 21.9 Å². The summed E-state index contributed by atoms with van der Waals surface area (Å²) in [5, 5.41) is 2.80. The number of aryl methyl sites for hydroxylation is 1. The highest BCUT2D eigenvalue weighted by Crippen LogP contribution is 2.28. The fourth-order valence-corrected chi connectivity index (χ4v) is 5.89. The molecule has 2 aromatic rings. The molecule has 1 amide bonds. The third-order valence-corrected chi connectivity index (χ3v) is 8.08. The van der Waals surface area contributed by atoms with Gasteiger partial charge >= 0.3 is 0 Å². The second kappa shape index (κ2) is 8.08. The summed E-state index contributed by atoms with van der Waals surface area (Å²) in [7, 11) is -3.58. The second-order valence-electron chi connectivity index (χ2n) is 8.17. The first-order valence-corrected chi connectivity index (χ1v) is 12.2. The number of nitrogens with one attached hydrogen (secondary N) is 1. The lowest BCUT2D eigenvalue weighted by Gasteiger charge is -2.35. The fraction of sp³-hybridized carbons (Fsp3) is 0.476. The average molecular weight is 443 g/mol.